The van der Waals surface area contributed by atoms with Gasteiger partial charge in [-0.25, -0.2) is 0 Å². The van der Waals surface area contributed by atoms with Crippen LogP contribution in [0.4, 0.5) is 5.69 Å². The number of nitrogens with zero attached hydrogens (tertiary/aromatic N) is 1. The minimum atomic E-state index is -0.182. The number of amides is 1. The molecule has 0 spiro atoms. The lowest BCUT2D eigenvalue weighted by Gasteiger charge is -2.21. The first-order valence-electron chi connectivity index (χ1n) is 5.88. The van der Waals surface area contributed by atoms with Crippen LogP contribution >= 0.6 is 11.8 Å². The molecule has 1 amide bonds. The molecule has 2 heterocycles. The Bertz CT molecular complexity index is 398. The third kappa shape index (κ3) is 2.94. The summed E-state index contributed by atoms with van der Waals surface area (Å²) in [7, 11) is 0. The number of nitrogens with two attached hydrogens (primary N) is 1. The zero-order valence-corrected chi connectivity index (χ0v) is 10.8. The summed E-state index contributed by atoms with van der Waals surface area (Å²) in [6, 6.07) is 0. The smallest absolute Gasteiger partial charge is 0.273 e. The molecule has 1 aromatic heterocycles. The third-order valence-corrected chi connectivity index (χ3v) is 4.37. The average molecular weight is 254 g/mol. The molecule has 1 atom stereocenters. The first-order chi connectivity index (χ1) is 8.18. The third-order valence-electron chi connectivity index (χ3n) is 2.97. The number of carbonyl (C=O) groups is 1. The number of hydrogen-bond acceptors (Lipinski definition) is 4. The fourth-order valence-corrected chi connectivity index (χ4v) is 3.11. The fourth-order valence-electron chi connectivity index (χ4n) is 1.87. The summed E-state index contributed by atoms with van der Waals surface area (Å²) in [6.07, 6.45) is 3.73. The van der Waals surface area contributed by atoms with Crippen LogP contribution in [0, 0.1) is 6.92 Å². The van der Waals surface area contributed by atoms with Crippen LogP contribution in [0.1, 0.15) is 35.4 Å². The number of nitrogen functional groups attached to an aromatic ring is 1. The van der Waals surface area contributed by atoms with Crippen LogP contribution in [0.25, 0.3) is 0 Å². The zero-order valence-electron chi connectivity index (χ0n) is 9.95. The number of rotatable bonds is 3. The quantitative estimate of drug-likeness (QED) is 0.759. The first-order valence-corrected chi connectivity index (χ1v) is 6.93. The van der Waals surface area contributed by atoms with Crippen molar-refractivity contribution >= 4 is 23.4 Å². The summed E-state index contributed by atoms with van der Waals surface area (Å²) in [6.45, 7) is 2.50. The van der Waals surface area contributed by atoms with Crippen molar-refractivity contribution in [2.45, 2.75) is 31.4 Å². The number of carbonyl (C=O) groups excluding carboxylic acids is 1. The molecule has 0 aliphatic carbocycles. The van der Waals surface area contributed by atoms with E-state index in [1.807, 2.05) is 11.8 Å². The number of nitrogens with one attached hydrogen (secondary N) is 2. The molecule has 1 unspecified atom stereocenters. The highest BCUT2D eigenvalue weighted by molar-refractivity contribution is 7.99. The van der Waals surface area contributed by atoms with Crippen molar-refractivity contribution in [2.75, 3.05) is 18.0 Å². The summed E-state index contributed by atoms with van der Waals surface area (Å²) < 4.78 is 0. The molecule has 1 aliphatic heterocycles. The van der Waals surface area contributed by atoms with E-state index in [0.29, 0.717) is 23.2 Å². The Balaban J connectivity index is 1.86. The molecule has 17 heavy (non-hydrogen) atoms. The van der Waals surface area contributed by atoms with Gasteiger partial charge in [-0.05, 0) is 25.5 Å². The van der Waals surface area contributed by atoms with Crippen LogP contribution in [0.3, 0.4) is 0 Å². The van der Waals surface area contributed by atoms with Crippen molar-refractivity contribution in [1.29, 1.82) is 0 Å². The summed E-state index contributed by atoms with van der Waals surface area (Å²) >= 11 is 1.94. The van der Waals surface area contributed by atoms with Crippen molar-refractivity contribution in [3.8, 4) is 0 Å². The Hall–Kier alpha value is -1.17. The van der Waals surface area contributed by atoms with Gasteiger partial charge >= 0.3 is 0 Å². The van der Waals surface area contributed by atoms with E-state index in [1.165, 1.54) is 25.0 Å². The molecule has 1 aliphatic rings. The van der Waals surface area contributed by atoms with Gasteiger partial charge in [-0.2, -0.15) is 16.9 Å². The van der Waals surface area contributed by atoms with E-state index in [-0.39, 0.29) is 5.91 Å². The maximum absolute atomic E-state index is 11.8. The maximum atomic E-state index is 11.8. The summed E-state index contributed by atoms with van der Waals surface area (Å²) in [5, 5.41) is 10.1. The molecule has 1 fully saturated rings. The molecule has 0 aromatic carbocycles. The van der Waals surface area contributed by atoms with Gasteiger partial charge in [-0.1, -0.05) is 6.42 Å². The van der Waals surface area contributed by atoms with Gasteiger partial charge < -0.3 is 11.1 Å². The van der Waals surface area contributed by atoms with Gasteiger partial charge in [0, 0.05) is 11.8 Å². The molecule has 1 aromatic rings. The Morgan fingerprint density at radius 3 is 3.06 bits per heavy atom. The van der Waals surface area contributed by atoms with Gasteiger partial charge in [0.05, 0.1) is 11.4 Å². The average Bonchev–Trinajstić information content (AvgIpc) is 2.69. The topological polar surface area (TPSA) is 83.8 Å². The van der Waals surface area contributed by atoms with Crippen LogP contribution in [0.2, 0.25) is 0 Å². The largest absolute Gasteiger partial charge is 0.395 e. The van der Waals surface area contributed by atoms with Crippen LogP contribution in [0.5, 0.6) is 0 Å². The predicted molar refractivity (Wildman–Crippen MR) is 70.2 cm³/mol. The molecular formula is C11H18N4OS. The van der Waals surface area contributed by atoms with Gasteiger partial charge in [0.25, 0.3) is 5.91 Å². The number of aromatic amines is 1. The van der Waals surface area contributed by atoms with Gasteiger partial charge in [0.1, 0.15) is 0 Å². The van der Waals surface area contributed by atoms with E-state index < -0.39 is 0 Å². The molecule has 0 bridgehead atoms. The van der Waals surface area contributed by atoms with Crippen molar-refractivity contribution in [1.82, 2.24) is 15.5 Å². The minimum Gasteiger partial charge on any atom is -0.395 e. The zero-order chi connectivity index (χ0) is 12.3. The summed E-state index contributed by atoms with van der Waals surface area (Å²) in [5.41, 5.74) is 7.24. The van der Waals surface area contributed by atoms with E-state index in [0.717, 1.165) is 5.69 Å². The van der Waals surface area contributed by atoms with Gasteiger partial charge in [-0.15, -0.1) is 0 Å². The van der Waals surface area contributed by atoms with Gasteiger partial charge in [-0.3, -0.25) is 9.89 Å². The van der Waals surface area contributed by atoms with E-state index in [4.69, 9.17) is 5.73 Å². The van der Waals surface area contributed by atoms with Crippen molar-refractivity contribution in [3.63, 3.8) is 0 Å². The number of anilines is 1. The van der Waals surface area contributed by atoms with Crippen molar-refractivity contribution in [2.24, 2.45) is 0 Å². The second-order valence-electron chi connectivity index (χ2n) is 4.31. The highest BCUT2D eigenvalue weighted by atomic mass is 32.2. The minimum absolute atomic E-state index is 0.182. The molecule has 0 radical (unpaired) electrons. The van der Waals surface area contributed by atoms with Crippen LogP contribution < -0.4 is 11.1 Å². The molecule has 94 valence electrons. The Kier molecular flexibility index (Phi) is 3.93. The first kappa shape index (κ1) is 12.3. The molecule has 4 N–H and O–H groups in total. The predicted octanol–water partition coefficient (Wildman–Crippen LogP) is 1.32. The highest BCUT2D eigenvalue weighted by Gasteiger charge is 2.18. The van der Waals surface area contributed by atoms with Gasteiger partial charge in [0.2, 0.25) is 0 Å². The fraction of sp³-hybridized carbons (Fsp3) is 0.636. The van der Waals surface area contributed by atoms with Crippen LogP contribution in [-0.2, 0) is 0 Å². The lowest BCUT2D eigenvalue weighted by atomic mass is 10.2. The van der Waals surface area contributed by atoms with Crippen LogP contribution in [0.15, 0.2) is 0 Å². The monoisotopic (exact) mass is 254 g/mol. The van der Waals surface area contributed by atoms with Gasteiger partial charge in [0.15, 0.2) is 5.69 Å². The Labute approximate surface area is 105 Å². The van der Waals surface area contributed by atoms with E-state index in [9.17, 15) is 4.79 Å². The second kappa shape index (κ2) is 5.44. The lowest BCUT2D eigenvalue weighted by molar-refractivity contribution is 0.0949. The SMILES string of the molecule is Cc1[nH]nc(C(=O)NCC2CCCCS2)c1N. The molecule has 5 nitrogen and oxygen atoms in total. The van der Waals surface area contributed by atoms with E-state index >= 15 is 0 Å². The molecule has 1 saturated heterocycles. The standard InChI is InChI=1S/C11H18N4OS/c1-7-9(12)10(15-14-7)11(16)13-6-8-4-2-3-5-17-8/h8H,2-6,12H2,1H3,(H,13,16)(H,14,15). The number of H-pyrrole nitrogens is 1. The van der Waals surface area contributed by atoms with Crippen molar-refractivity contribution < 1.29 is 4.79 Å². The Morgan fingerprint density at radius 2 is 2.47 bits per heavy atom. The second-order valence-corrected chi connectivity index (χ2v) is 5.72. The van der Waals surface area contributed by atoms with Crippen LogP contribution in [-0.4, -0.2) is 33.7 Å². The van der Waals surface area contributed by atoms with E-state index in [2.05, 4.69) is 15.5 Å². The summed E-state index contributed by atoms with van der Waals surface area (Å²) in [5.74, 6) is 1.02. The summed E-state index contributed by atoms with van der Waals surface area (Å²) in [4.78, 5) is 11.8. The Morgan fingerprint density at radius 1 is 1.65 bits per heavy atom. The molecule has 6 heteroatoms. The highest BCUT2D eigenvalue weighted by Crippen LogP contribution is 2.24. The molecule has 0 saturated carbocycles. The number of aryl methyl sites for hydroxylation is 1. The normalized spacial score (nSPS) is 20.2. The lowest BCUT2D eigenvalue weighted by Crippen LogP contribution is -2.32. The number of aromatic nitrogens is 2. The number of hydrogen-bond donors (Lipinski definition) is 3. The molecule has 2 rings (SSSR count). The number of thioether (sulfide) groups is 1. The molecular weight excluding hydrogens is 236 g/mol. The maximum Gasteiger partial charge on any atom is 0.273 e. The van der Waals surface area contributed by atoms with E-state index in [1.54, 1.807) is 6.92 Å². The van der Waals surface area contributed by atoms with Crippen molar-refractivity contribution in [3.05, 3.63) is 11.4 Å².